The van der Waals surface area contributed by atoms with Crippen molar-refractivity contribution in [2.45, 2.75) is 33.2 Å². The average molecular weight is 467 g/mol. The predicted octanol–water partition coefficient (Wildman–Crippen LogP) is 4.17. The van der Waals surface area contributed by atoms with E-state index in [2.05, 4.69) is 18.7 Å². The molecule has 1 fully saturated rings. The summed E-state index contributed by atoms with van der Waals surface area (Å²) >= 11 is 0. The zero-order valence-electron chi connectivity index (χ0n) is 20.6. The van der Waals surface area contributed by atoms with Crippen LogP contribution in [-0.4, -0.2) is 67.0 Å². The van der Waals surface area contributed by atoms with Crippen molar-refractivity contribution in [3.63, 3.8) is 0 Å². The van der Waals surface area contributed by atoms with Gasteiger partial charge in [0.25, 0.3) is 11.7 Å². The number of hydrogen-bond acceptors (Lipinski definition) is 6. The molecule has 7 heteroatoms. The minimum Gasteiger partial charge on any atom is -0.507 e. The molecule has 0 radical (unpaired) electrons. The van der Waals surface area contributed by atoms with Gasteiger partial charge in [-0.15, -0.1) is 0 Å². The zero-order chi connectivity index (χ0) is 24.8. The second-order valence-electron chi connectivity index (χ2n) is 8.35. The molecular weight excluding hydrogens is 432 g/mol. The topological polar surface area (TPSA) is 79.3 Å². The van der Waals surface area contributed by atoms with E-state index in [4.69, 9.17) is 9.47 Å². The van der Waals surface area contributed by atoms with E-state index >= 15 is 0 Å². The van der Waals surface area contributed by atoms with Gasteiger partial charge in [-0.2, -0.15) is 0 Å². The molecule has 34 heavy (non-hydrogen) atoms. The molecule has 1 aliphatic heterocycles. The third-order valence-corrected chi connectivity index (χ3v) is 6.36. The smallest absolute Gasteiger partial charge is 0.295 e. The van der Waals surface area contributed by atoms with Crippen LogP contribution in [-0.2, 0) is 9.59 Å². The van der Waals surface area contributed by atoms with E-state index in [0.29, 0.717) is 35.6 Å². The Labute approximate surface area is 201 Å². The molecule has 1 heterocycles. The second kappa shape index (κ2) is 11.2. The summed E-state index contributed by atoms with van der Waals surface area (Å²) in [5.74, 6) is -0.436. The summed E-state index contributed by atoms with van der Waals surface area (Å²) in [6.07, 6.45) is 0.696. The van der Waals surface area contributed by atoms with Crippen molar-refractivity contribution in [2.75, 3.05) is 40.4 Å². The number of aryl methyl sites for hydroxylation is 1. The lowest BCUT2D eigenvalue weighted by Gasteiger charge is -2.28. The molecule has 0 aliphatic carbocycles. The minimum absolute atomic E-state index is 0.0586. The molecule has 1 atom stereocenters. The normalized spacial score (nSPS) is 17.5. The lowest BCUT2D eigenvalue weighted by Crippen LogP contribution is -2.33. The monoisotopic (exact) mass is 466 g/mol. The van der Waals surface area contributed by atoms with Gasteiger partial charge in [0.1, 0.15) is 17.3 Å². The van der Waals surface area contributed by atoms with Crippen molar-refractivity contribution in [3.8, 4) is 11.5 Å². The summed E-state index contributed by atoms with van der Waals surface area (Å²) in [4.78, 5) is 30.3. The molecule has 2 aromatic rings. The zero-order valence-corrected chi connectivity index (χ0v) is 20.6. The minimum atomic E-state index is -0.789. The number of carbonyl (C=O) groups is 2. The molecule has 0 bridgehead atoms. The maximum Gasteiger partial charge on any atom is 0.295 e. The van der Waals surface area contributed by atoms with Gasteiger partial charge in [-0.25, -0.2) is 0 Å². The SMILES string of the molecule is CCN(CC)CCCN1C(=O)C(=O)C(=C(O)c2ccc(C)cc2)[C@@H]1c1cc(OC)ccc1OC. The van der Waals surface area contributed by atoms with Gasteiger partial charge in [0, 0.05) is 17.7 Å². The van der Waals surface area contributed by atoms with Gasteiger partial charge in [-0.3, -0.25) is 9.59 Å². The van der Waals surface area contributed by atoms with Crippen LogP contribution in [0, 0.1) is 6.92 Å². The number of amides is 1. The highest BCUT2D eigenvalue weighted by Crippen LogP contribution is 2.43. The van der Waals surface area contributed by atoms with Crippen LogP contribution >= 0.6 is 0 Å². The Balaban J connectivity index is 2.13. The molecule has 0 unspecified atom stereocenters. The second-order valence-corrected chi connectivity index (χ2v) is 8.35. The number of hydrogen-bond donors (Lipinski definition) is 1. The average Bonchev–Trinajstić information content (AvgIpc) is 3.11. The fourth-order valence-electron chi connectivity index (χ4n) is 4.36. The van der Waals surface area contributed by atoms with E-state index in [0.717, 1.165) is 25.2 Å². The van der Waals surface area contributed by atoms with Crippen LogP contribution in [0.3, 0.4) is 0 Å². The highest BCUT2D eigenvalue weighted by molar-refractivity contribution is 6.46. The van der Waals surface area contributed by atoms with E-state index in [-0.39, 0.29) is 11.3 Å². The summed E-state index contributed by atoms with van der Waals surface area (Å²) in [5.41, 5.74) is 2.17. The summed E-state index contributed by atoms with van der Waals surface area (Å²) in [6, 6.07) is 11.7. The van der Waals surface area contributed by atoms with Crippen LogP contribution in [0.5, 0.6) is 11.5 Å². The fraction of sp³-hybridized carbons (Fsp3) is 0.407. The number of aliphatic hydroxyl groups is 1. The highest BCUT2D eigenvalue weighted by atomic mass is 16.5. The van der Waals surface area contributed by atoms with Crippen LogP contribution in [0.2, 0.25) is 0 Å². The molecule has 182 valence electrons. The molecule has 1 amide bonds. The van der Waals surface area contributed by atoms with Crippen molar-refractivity contribution in [1.82, 2.24) is 9.80 Å². The Morgan fingerprint density at radius 2 is 1.71 bits per heavy atom. The summed E-state index contributed by atoms with van der Waals surface area (Å²) in [5, 5.41) is 11.2. The third-order valence-electron chi connectivity index (χ3n) is 6.36. The number of likely N-dealkylation sites (tertiary alicyclic amines) is 1. The Kier molecular flexibility index (Phi) is 8.34. The number of Topliss-reactive ketones (excluding diaryl/α,β-unsaturated/α-hetero) is 1. The van der Waals surface area contributed by atoms with Gasteiger partial charge >= 0.3 is 0 Å². The predicted molar refractivity (Wildman–Crippen MR) is 132 cm³/mol. The molecule has 1 saturated heterocycles. The number of ketones is 1. The Morgan fingerprint density at radius 1 is 1.03 bits per heavy atom. The first-order valence-electron chi connectivity index (χ1n) is 11.7. The Hall–Kier alpha value is -3.32. The van der Waals surface area contributed by atoms with Crippen LogP contribution in [0.4, 0.5) is 0 Å². The summed E-state index contributed by atoms with van der Waals surface area (Å²) < 4.78 is 11.0. The standard InChI is InChI=1S/C27H34N2O5/c1-6-28(7-2)15-8-16-29-24(21-17-20(33-4)13-14-22(21)34-5)23(26(31)27(29)32)25(30)19-11-9-18(3)10-12-19/h9-14,17,24,30H,6-8,15-16H2,1-5H3/t24-/m0/s1. The molecule has 1 aliphatic rings. The van der Waals surface area contributed by atoms with Gasteiger partial charge in [-0.1, -0.05) is 43.7 Å². The first kappa shape index (κ1) is 25.3. The van der Waals surface area contributed by atoms with Crippen LogP contribution in [0.25, 0.3) is 5.76 Å². The number of ether oxygens (including phenoxy) is 2. The molecule has 1 N–H and O–H groups in total. The van der Waals surface area contributed by atoms with E-state index in [1.165, 1.54) is 7.11 Å². The van der Waals surface area contributed by atoms with Gasteiger partial charge in [-0.05, 0) is 51.2 Å². The van der Waals surface area contributed by atoms with Crippen molar-refractivity contribution < 1.29 is 24.2 Å². The molecule has 7 nitrogen and oxygen atoms in total. The molecular formula is C27H34N2O5. The van der Waals surface area contributed by atoms with Crippen molar-refractivity contribution in [2.24, 2.45) is 0 Å². The number of aliphatic hydroxyl groups excluding tert-OH is 1. The van der Waals surface area contributed by atoms with Crippen LogP contribution in [0.15, 0.2) is 48.0 Å². The molecule has 0 spiro atoms. The maximum absolute atomic E-state index is 13.3. The number of benzene rings is 2. The van der Waals surface area contributed by atoms with Crippen molar-refractivity contribution in [3.05, 3.63) is 64.7 Å². The number of carbonyl (C=O) groups excluding carboxylic acids is 2. The largest absolute Gasteiger partial charge is 0.507 e. The van der Waals surface area contributed by atoms with Gasteiger partial charge in [0.15, 0.2) is 0 Å². The van der Waals surface area contributed by atoms with E-state index < -0.39 is 17.7 Å². The Morgan fingerprint density at radius 3 is 2.29 bits per heavy atom. The van der Waals surface area contributed by atoms with Crippen LogP contribution in [0.1, 0.15) is 43.0 Å². The van der Waals surface area contributed by atoms with Gasteiger partial charge in [0.2, 0.25) is 0 Å². The molecule has 2 aromatic carbocycles. The molecule has 0 saturated carbocycles. The lowest BCUT2D eigenvalue weighted by molar-refractivity contribution is -0.140. The van der Waals surface area contributed by atoms with E-state index in [1.54, 1.807) is 42.3 Å². The van der Waals surface area contributed by atoms with Crippen molar-refractivity contribution >= 4 is 17.4 Å². The number of rotatable bonds is 10. The van der Waals surface area contributed by atoms with Gasteiger partial charge in [0.05, 0.1) is 25.8 Å². The molecule has 0 aromatic heterocycles. The number of methoxy groups -OCH3 is 2. The van der Waals surface area contributed by atoms with E-state index in [9.17, 15) is 14.7 Å². The fourth-order valence-corrected chi connectivity index (χ4v) is 4.36. The Bertz CT molecular complexity index is 1060. The summed E-state index contributed by atoms with van der Waals surface area (Å²) in [7, 11) is 3.09. The van der Waals surface area contributed by atoms with Crippen molar-refractivity contribution in [1.29, 1.82) is 0 Å². The quantitative estimate of drug-likeness (QED) is 0.322. The first-order valence-corrected chi connectivity index (χ1v) is 11.7. The van der Waals surface area contributed by atoms with Gasteiger partial charge < -0.3 is 24.4 Å². The van der Waals surface area contributed by atoms with E-state index in [1.807, 2.05) is 19.1 Å². The highest BCUT2D eigenvalue weighted by Gasteiger charge is 2.47. The lowest BCUT2D eigenvalue weighted by atomic mass is 9.94. The van der Waals surface area contributed by atoms with Crippen LogP contribution < -0.4 is 9.47 Å². The maximum atomic E-state index is 13.3. The first-order chi connectivity index (χ1) is 16.4. The molecule has 3 rings (SSSR count). The summed E-state index contributed by atoms with van der Waals surface area (Å²) in [6.45, 7) is 9.13. The number of nitrogens with zero attached hydrogens (tertiary/aromatic N) is 2. The third kappa shape index (κ3) is 5.09.